The standard InChI is InChI=1S/C24H36N2O6S/c1-15-5-7-16(8-6-15)21(28)26(18(14-27)22(29)25-9-11-32-12-10-25)17-13-19(24(2,3)4)33-20(17)23(30)31/h13,15-16,18,27H,5-12,14H2,1-4H3,(H,30,31)/t15?,16?,18-/m0/s1. The van der Waals surface area contributed by atoms with E-state index < -0.39 is 18.6 Å². The second-order valence-electron chi connectivity index (χ2n) is 10.2. The Bertz CT molecular complexity index is 863. The number of aliphatic hydroxyl groups excluding tert-OH is 1. The van der Waals surface area contributed by atoms with Gasteiger partial charge in [0, 0.05) is 23.9 Å². The Morgan fingerprint density at radius 3 is 2.30 bits per heavy atom. The van der Waals surface area contributed by atoms with Gasteiger partial charge in [0.15, 0.2) is 0 Å². The highest BCUT2D eigenvalue weighted by Gasteiger charge is 2.40. The van der Waals surface area contributed by atoms with Crippen LogP contribution in [0.25, 0.3) is 0 Å². The number of rotatable bonds is 6. The van der Waals surface area contributed by atoms with Crippen molar-refractivity contribution in [3.63, 3.8) is 0 Å². The van der Waals surface area contributed by atoms with Crippen molar-refractivity contribution in [2.45, 2.75) is 64.8 Å². The number of ether oxygens (including phenoxy) is 1. The fraction of sp³-hybridized carbons (Fsp3) is 0.708. The molecule has 0 radical (unpaired) electrons. The van der Waals surface area contributed by atoms with Gasteiger partial charge in [0.25, 0.3) is 0 Å². The lowest BCUT2D eigenvalue weighted by Crippen LogP contribution is -2.56. The molecule has 2 amide bonds. The number of carboxylic acids is 1. The molecule has 2 aliphatic rings. The van der Waals surface area contributed by atoms with Gasteiger partial charge in [-0.3, -0.25) is 14.5 Å². The minimum atomic E-state index is -1.17. The summed E-state index contributed by atoms with van der Waals surface area (Å²) in [5.41, 5.74) is -0.118. The molecule has 1 aromatic heterocycles. The van der Waals surface area contributed by atoms with Crippen LogP contribution in [0.5, 0.6) is 0 Å². The first-order valence-corrected chi connectivity index (χ1v) is 12.5. The lowest BCUT2D eigenvalue weighted by atomic mass is 9.82. The summed E-state index contributed by atoms with van der Waals surface area (Å²) in [6.45, 7) is 9.05. The number of aliphatic hydroxyl groups is 1. The number of amides is 2. The molecule has 2 heterocycles. The van der Waals surface area contributed by atoms with E-state index in [4.69, 9.17) is 4.74 Å². The normalized spacial score (nSPS) is 22.6. The van der Waals surface area contributed by atoms with Crippen LogP contribution < -0.4 is 4.90 Å². The van der Waals surface area contributed by atoms with Crippen LogP contribution in [0.15, 0.2) is 6.07 Å². The predicted molar refractivity (Wildman–Crippen MR) is 127 cm³/mol. The summed E-state index contributed by atoms with van der Waals surface area (Å²) >= 11 is 1.12. The Balaban J connectivity index is 2.06. The van der Waals surface area contributed by atoms with Crippen molar-refractivity contribution < 1.29 is 29.3 Å². The molecule has 3 rings (SSSR count). The molecule has 1 atom stereocenters. The van der Waals surface area contributed by atoms with Crippen LogP contribution in [0.2, 0.25) is 0 Å². The molecule has 1 aliphatic carbocycles. The minimum Gasteiger partial charge on any atom is -0.477 e. The van der Waals surface area contributed by atoms with E-state index in [0.717, 1.165) is 29.1 Å². The number of anilines is 1. The SMILES string of the molecule is CC1CCC(C(=O)N(c2cc(C(C)(C)C)sc2C(=O)O)[C@@H](CO)C(=O)N2CCOCC2)CC1. The lowest BCUT2D eigenvalue weighted by molar-refractivity contribution is -0.140. The Kier molecular flexibility index (Phi) is 8.18. The average molecular weight is 481 g/mol. The van der Waals surface area contributed by atoms with E-state index in [9.17, 15) is 24.6 Å². The van der Waals surface area contributed by atoms with Gasteiger partial charge in [0.1, 0.15) is 10.9 Å². The molecule has 33 heavy (non-hydrogen) atoms. The molecule has 0 bridgehead atoms. The van der Waals surface area contributed by atoms with Gasteiger partial charge < -0.3 is 19.8 Å². The van der Waals surface area contributed by atoms with Crippen LogP contribution in [0, 0.1) is 11.8 Å². The number of thiophene rings is 1. The molecule has 1 aromatic rings. The Hall–Kier alpha value is -1.97. The maximum Gasteiger partial charge on any atom is 0.348 e. The van der Waals surface area contributed by atoms with Crippen molar-refractivity contribution in [3.8, 4) is 0 Å². The number of carboxylic acid groups (broad SMARTS) is 1. The highest BCUT2D eigenvalue weighted by molar-refractivity contribution is 7.14. The van der Waals surface area contributed by atoms with E-state index in [-0.39, 0.29) is 33.7 Å². The van der Waals surface area contributed by atoms with Crippen LogP contribution in [-0.4, -0.2) is 71.8 Å². The van der Waals surface area contributed by atoms with Gasteiger partial charge in [0.2, 0.25) is 11.8 Å². The average Bonchev–Trinajstić information content (AvgIpc) is 3.23. The summed E-state index contributed by atoms with van der Waals surface area (Å²) in [6, 6.07) is 0.544. The first-order chi connectivity index (χ1) is 15.5. The zero-order chi connectivity index (χ0) is 24.3. The van der Waals surface area contributed by atoms with Gasteiger partial charge in [-0.15, -0.1) is 11.3 Å². The van der Waals surface area contributed by atoms with E-state index in [1.165, 1.54) is 4.90 Å². The maximum atomic E-state index is 13.9. The highest BCUT2D eigenvalue weighted by Crippen LogP contribution is 2.40. The third-order valence-corrected chi connectivity index (χ3v) is 8.14. The largest absolute Gasteiger partial charge is 0.477 e. The zero-order valence-corrected chi connectivity index (χ0v) is 20.8. The van der Waals surface area contributed by atoms with E-state index in [1.807, 2.05) is 20.8 Å². The molecule has 8 nitrogen and oxygen atoms in total. The molecule has 1 saturated heterocycles. The molecule has 9 heteroatoms. The molecule has 1 saturated carbocycles. The third kappa shape index (κ3) is 5.75. The van der Waals surface area contributed by atoms with Crippen molar-refractivity contribution in [1.29, 1.82) is 0 Å². The van der Waals surface area contributed by atoms with E-state index in [2.05, 4.69) is 6.92 Å². The van der Waals surface area contributed by atoms with Crippen molar-refractivity contribution in [3.05, 3.63) is 15.8 Å². The quantitative estimate of drug-likeness (QED) is 0.648. The first-order valence-electron chi connectivity index (χ1n) is 11.7. The van der Waals surface area contributed by atoms with E-state index in [1.54, 1.807) is 11.0 Å². The summed E-state index contributed by atoms with van der Waals surface area (Å²) in [4.78, 5) is 43.2. The first kappa shape index (κ1) is 25.6. The van der Waals surface area contributed by atoms with Gasteiger partial charge in [-0.05, 0) is 43.1 Å². The summed E-state index contributed by atoms with van der Waals surface area (Å²) in [5.74, 6) is -1.56. The number of hydrogen-bond acceptors (Lipinski definition) is 6. The topological polar surface area (TPSA) is 107 Å². The lowest BCUT2D eigenvalue weighted by Gasteiger charge is -2.37. The maximum absolute atomic E-state index is 13.9. The van der Waals surface area contributed by atoms with Crippen LogP contribution in [0.3, 0.4) is 0 Å². The van der Waals surface area contributed by atoms with Crippen molar-refractivity contribution in [2.75, 3.05) is 37.8 Å². The van der Waals surface area contributed by atoms with Crippen LogP contribution in [-0.2, 0) is 19.7 Å². The molecule has 0 unspecified atom stereocenters. The van der Waals surface area contributed by atoms with Gasteiger partial charge in [-0.1, -0.05) is 27.7 Å². The van der Waals surface area contributed by atoms with Crippen LogP contribution in [0.1, 0.15) is 67.9 Å². The van der Waals surface area contributed by atoms with E-state index >= 15 is 0 Å². The smallest absolute Gasteiger partial charge is 0.348 e. The molecule has 1 aliphatic heterocycles. The molecule has 2 N–H and O–H groups in total. The van der Waals surface area contributed by atoms with Crippen molar-refractivity contribution in [2.24, 2.45) is 11.8 Å². The monoisotopic (exact) mass is 480 g/mol. The number of carbonyl (C=O) groups excluding carboxylic acids is 2. The van der Waals surface area contributed by atoms with Gasteiger partial charge >= 0.3 is 5.97 Å². The van der Waals surface area contributed by atoms with E-state index in [0.29, 0.717) is 45.1 Å². The number of carbonyl (C=O) groups is 3. The predicted octanol–water partition coefficient (Wildman–Crippen LogP) is 3.12. The fourth-order valence-corrected chi connectivity index (χ4v) is 5.54. The van der Waals surface area contributed by atoms with Crippen LogP contribution in [0.4, 0.5) is 5.69 Å². The van der Waals surface area contributed by atoms with Gasteiger partial charge in [0.05, 0.1) is 25.5 Å². The molecule has 184 valence electrons. The number of nitrogens with zero attached hydrogens (tertiary/aromatic N) is 2. The zero-order valence-electron chi connectivity index (χ0n) is 20.0. The minimum absolute atomic E-state index is 0.0191. The van der Waals surface area contributed by atoms with Gasteiger partial charge in [-0.2, -0.15) is 0 Å². The number of morpholine rings is 1. The Labute approximate surface area is 199 Å². The summed E-state index contributed by atoms with van der Waals surface area (Å²) in [6.07, 6.45) is 3.21. The number of hydrogen-bond donors (Lipinski definition) is 2. The summed E-state index contributed by atoms with van der Waals surface area (Å²) < 4.78 is 5.34. The van der Waals surface area contributed by atoms with Crippen LogP contribution >= 0.6 is 11.3 Å². The third-order valence-electron chi connectivity index (χ3n) is 6.60. The van der Waals surface area contributed by atoms with Gasteiger partial charge in [-0.25, -0.2) is 4.79 Å². The molecular weight excluding hydrogens is 444 g/mol. The Morgan fingerprint density at radius 1 is 1.18 bits per heavy atom. The molecule has 2 fully saturated rings. The Morgan fingerprint density at radius 2 is 1.79 bits per heavy atom. The fourth-order valence-electron chi connectivity index (χ4n) is 4.49. The molecule has 0 aromatic carbocycles. The molecular formula is C24H36N2O6S. The summed E-state index contributed by atoms with van der Waals surface area (Å²) in [7, 11) is 0. The van der Waals surface area contributed by atoms with Crippen molar-refractivity contribution in [1.82, 2.24) is 4.90 Å². The van der Waals surface area contributed by atoms with Crippen molar-refractivity contribution >= 4 is 34.8 Å². The number of aromatic carboxylic acids is 1. The second-order valence-corrected chi connectivity index (χ2v) is 11.2. The highest BCUT2D eigenvalue weighted by atomic mass is 32.1. The molecule has 0 spiro atoms. The second kappa shape index (κ2) is 10.5. The summed E-state index contributed by atoms with van der Waals surface area (Å²) in [5, 5.41) is 20.3.